The van der Waals surface area contributed by atoms with E-state index in [1.165, 1.54) is 32.9 Å². The molecule has 0 saturated carbocycles. The summed E-state index contributed by atoms with van der Waals surface area (Å²) in [6.45, 7) is 6.47. The third-order valence-electron chi connectivity index (χ3n) is 4.53. The highest BCUT2D eigenvalue weighted by Crippen LogP contribution is 2.32. The topological polar surface area (TPSA) is 17.3 Å². The molecule has 0 N–H and O–H groups in total. The number of nitrogens with zero attached hydrogens (tertiary/aromatic N) is 2. The van der Waals surface area contributed by atoms with E-state index in [2.05, 4.69) is 67.6 Å². The summed E-state index contributed by atoms with van der Waals surface area (Å²) >= 11 is 0. The van der Waals surface area contributed by atoms with Crippen LogP contribution in [0.3, 0.4) is 0 Å². The van der Waals surface area contributed by atoms with Gasteiger partial charge in [-0.05, 0) is 31.2 Å². The molecule has 0 aliphatic rings. The summed E-state index contributed by atoms with van der Waals surface area (Å²) in [6.07, 6.45) is 1.03. The zero-order valence-corrected chi connectivity index (χ0v) is 12.6. The van der Waals surface area contributed by atoms with Gasteiger partial charge in [-0.25, -0.2) is 4.98 Å². The van der Waals surface area contributed by atoms with Gasteiger partial charge >= 0.3 is 0 Å². The van der Waals surface area contributed by atoms with Crippen LogP contribution in [-0.4, -0.2) is 9.38 Å². The van der Waals surface area contributed by atoms with Crippen LogP contribution in [-0.2, 0) is 6.42 Å². The minimum atomic E-state index is 1.03. The van der Waals surface area contributed by atoms with E-state index >= 15 is 0 Å². The van der Waals surface area contributed by atoms with Gasteiger partial charge in [0.25, 0.3) is 0 Å². The average molecular weight is 274 g/mol. The highest BCUT2D eigenvalue weighted by molar-refractivity contribution is 6.12. The van der Waals surface area contributed by atoms with Gasteiger partial charge < -0.3 is 0 Å². The lowest BCUT2D eigenvalue weighted by molar-refractivity contribution is 1.10. The number of rotatable bonds is 1. The van der Waals surface area contributed by atoms with E-state index in [1.807, 2.05) is 0 Å². The standard InChI is InChI=1S/C19H18N2/c1-4-14-8-7-11-16-15-9-5-6-10-17(15)19-20-12(2)13(3)21(19)18(14)16/h5-11H,4H2,1-3H3. The van der Waals surface area contributed by atoms with Gasteiger partial charge in [-0.1, -0.05) is 49.4 Å². The molecule has 0 atom stereocenters. The fraction of sp³-hybridized carbons (Fsp3) is 0.211. The quantitative estimate of drug-likeness (QED) is 0.455. The first kappa shape index (κ1) is 12.4. The number of fused-ring (bicyclic) bond motifs is 6. The van der Waals surface area contributed by atoms with Crippen LogP contribution in [0.2, 0.25) is 0 Å². The molecule has 0 spiro atoms. The van der Waals surface area contributed by atoms with Crippen molar-refractivity contribution in [3.05, 3.63) is 59.4 Å². The molecule has 21 heavy (non-hydrogen) atoms. The van der Waals surface area contributed by atoms with Gasteiger partial charge in [-0.15, -0.1) is 0 Å². The molecule has 0 aliphatic carbocycles. The molecule has 2 heteroatoms. The molecule has 0 aliphatic heterocycles. The van der Waals surface area contributed by atoms with Gasteiger partial charge in [0.05, 0.1) is 11.2 Å². The number of para-hydroxylation sites is 1. The summed E-state index contributed by atoms with van der Waals surface area (Å²) in [4.78, 5) is 4.83. The van der Waals surface area contributed by atoms with E-state index in [0.29, 0.717) is 0 Å². The number of hydrogen-bond donors (Lipinski definition) is 0. The first-order valence-electron chi connectivity index (χ1n) is 7.50. The van der Waals surface area contributed by atoms with Crippen LogP contribution < -0.4 is 0 Å². The minimum Gasteiger partial charge on any atom is -0.296 e. The number of hydrogen-bond acceptors (Lipinski definition) is 1. The van der Waals surface area contributed by atoms with Crippen LogP contribution in [0.1, 0.15) is 23.9 Å². The Morgan fingerprint density at radius 3 is 2.38 bits per heavy atom. The van der Waals surface area contributed by atoms with Crippen molar-refractivity contribution in [2.24, 2.45) is 0 Å². The fourth-order valence-corrected chi connectivity index (χ4v) is 3.34. The van der Waals surface area contributed by atoms with Crippen molar-refractivity contribution in [2.75, 3.05) is 0 Å². The average Bonchev–Trinajstić information content (AvgIpc) is 2.83. The summed E-state index contributed by atoms with van der Waals surface area (Å²) < 4.78 is 2.34. The highest BCUT2D eigenvalue weighted by Gasteiger charge is 2.14. The fourth-order valence-electron chi connectivity index (χ4n) is 3.34. The van der Waals surface area contributed by atoms with E-state index in [9.17, 15) is 0 Å². The molecular weight excluding hydrogens is 256 g/mol. The SMILES string of the molecule is CCc1cccc2c3ccccc3c3nc(C)c(C)n3c12. The van der Waals surface area contributed by atoms with Crippen molar-refractivity contribution in [1.82, 2.24) is 9.38 Å². The van der Waals surface area contributed by atoms with E-state index in [4.69, 9.17) is 4.98 Å². The molecule has 104 valence electrons. The number of imidazole rings is 1. The van der Waals surface area contributed by atoms with Gasteiger partial charge in [0.2, 0.25) is 0 Å². The van der Waals surface area contributed by atoms with Crippen molar-refractivity contribution >= 4 is 27.3 Å². The van der Waals surface area contributed by atoms with Crippen molar-refractivity contribution in [3.63, 3.8) is 0 Å². The lowest BCUT2D eigenvalue weighted by Crippen LogP contribution is -1.97. The van der Waals surface area contributed by atoms with Crippen LogP contribution in [0.25, 0.3) is 27.3 Å². The molecule has 0 bridgehead atoms. The predicted octanol–water partition coefficient (Wildman–Crippen LogP) is 4.82. The number of aromatic nitrogens is 2. The Morgan fingerprint density at radius 1 is 0.905 bits per heavy atom. The van der Waals surface area contributed by atoms with Gasteiger partial charge in [-0.2, -0.15) is 0 Å². The van der Waals surface area contributed by atoms with Crippen LogP contribution in [0.15, 0.2) is 42.5 Å². The van der Waals surface area contributed by atoms with Crippen LogP contribution in [0.5, 0.6) is 0 Å². The Labute approximate surface area is 124 Å². The van der Waals surface area contributed by atoms with E-state index < -0.39 is 0 Å². The second-order valence-electron chi connectivity index (χ2n) is 5.65. The van der Waals surface area contributed by atoms with Crippen molar-refractivity contribution < 1.29 is 0 Å². The largest absolute Gasteiger partial charge is 0.296 e. The van der Waals surface area contributed by atoms with E-state index in [1.54, 1.807) is 0 Å². The zero-order valence-electron chi connectivity index (χ0n) is 12.6. The summed E-state index contributed by atoms with van der Waals surface area (Å²) in [6, 6.07) is 15.2. The van der Waals surface area contributed by atoms with E-state index in [-0.39, 0.29) is 0 Å². The third kappa shape index (κ3) is 1.56. The Hall–Kier alpha value is -2.35. The van der Waals surface area contributed by atoms with Crippen molar-refractivity contribution in [1.29, 1.82) is 0 Å². The summed E-state index contributed by atoms with van der Waals surface area (Å²) in [7, 11) is 0. The summed E-state index contributed by atoms with van der Waals surface area (Å²) in [5.41, 5.74) is 6.12. The van der Waals surface area contributed by atoms with Crippen LogP contribution in [0, 0.1) is 13.8 Å². The van der Waals surface area contributed by atoms with Crippen molar-refractivity contribution in [2.45, 2.75) is 27.2 Å². The van der Waals surface area contributed by atoms with Gasteiger partial charge in [0.15, 0.2) is 0 Å². The molecule has 0 amide bonds. The second kappa shape index (κ2) is 4.32. The number of aryl methyl sites for hydroxylation is 3. The molecule has 2 nitrogen and oxygen atoms in total. The molecule has 0 fully saturated rings. The monoisotopic (exact) mass is 274 g/mol. The minimum absolute atomic E-state index is 1.03. The van der Waals surface area contributed by atoms with Crippen LogP contribution >= 0.6 is 0 Å². The predicted molar refractivity (Wildman–Crippen MR) is 89.1 cm³/mol. The molecule has 2 aromatic carbocycles. The lowest BCUT2D eigenvalue weighted by Gasteiger charge is -2.12. The van der Waals surface area contributed by atoms with Crippen LogP contribution in [0.4, 0.5) is 0 Å². The normalized spacial score (nSPS) is 11.8. The van der Waals surface area contributed by atoms with Gasteiger partial charge in [0.1, 0.15) is 5.65 Å². The van der Waals surface area contributed by atoms with Crippen molar-refractivity contribution in [3.8, 4) is 0 Å². The number of pyridine rings is 1. The Bertz CT molecular complexity index is 993. The molecule has 4 rings (SSSR count). The lowest BCUT2D eigenvalue weighted by atomic mass is 10.0. The summed E-state index contributed by atoms with van der Waals surface area (Å²) in [5, 5.41) is 3.84. The van der Waals surface area contributed by atoms with Gasteiger partial charge in [-0.3, -0.25) is 4.40 Å². The smallest absolute Gasteiger partial charge is 0.145 e. The maximum Gasteiger partial charge on any atom is 0.145 e. The molecule has 0 unspecified atom stereocenters. The molecule has 4 aromatic rings. The molecule has 0 saturated heterocycles. The van der Waals surface area contributed by atoms with E-state index in [0.717, 1.165) is 17.8 Å². The highest BCUT2D eigenvalue weighted by atomic mass is 15.0. The second-order valence-corrected chi connectivity index (χ2v) is 5.65. The first-order chi connectivity index (χ1) is 10.2. The van der Waals surface area contributed by atoms with Gasteiger partial charge in [0, 0.05) is 16.5 Å². The molecule has 2 heterocycles. The molecule has 0 radical (unpaired) electrons. The maximum atomic E-state index is 4.83. The molecular formula is C19H18N2. The first-order valence-corrected chi connectivity index (χ1v) is 7.50. The Kier molecular flexibility index (Phi) is 2.55. The molecule has 2 aromatic heterocycles. The summed E-state index contributed by atoms with van der Waals surface area (Å²) in [5.74, 6) is 0. The Morgan fingerprint density at radius 2 is 1.62 bits per heavy atom. The zero-order chi connectivity index (χ0) is 14.6. The number of benzene rings is 2. The maximum absolute atomic E-state index is 4.83. The third-order valence-corrected chi connectivity index (χ3v) is 4.53. The Balaban J connectivity index is 2.45.